The zero-order valence-electron chi connectivity index (χ0n) is 16.4. The van der Waals surface area contributed by atoms with Crippen LogP contribution >= 0.6 is 11.8 Å². The molecule has 148 valence electrons. The Morgan fingerprint density at radius 3 is 2.79 bits per heavy atom. The van der Waals surface area contributed by atoms with Crippen molar-refractivity contribution in [1.29, 1.82) is 0 Å². The molecule has 0 aliphatic carbocycles. The standard InChI is InChI=1S/C22H26N2O3S/c1-14-3-4-16(11-15(14)2)12-24-13-22-6-5-17(27-22)18(19(22)21(24)26)20(25)23-7-9-28-10-8-23/h3-6,11,17-19H,7-10,12-13H2,1-2H3/t17-,18+,19-,22-/m0/s1. The lowest BCUT2D eigenvalue weighted by atomic mass is 9.76. The lowest BCUT2D eigenvalue weighted by molar-refractivity contribution is -0.143. The van der Waals surface area contributed by atoms with Crippen LogP contribution in [0.2, 0.25) is 0 Å². The molecular formula is C22H26N2O3S. The van der Waals surface area contributed by atoms with E-state index >= 15 is 0 Å². The molecule has 3 fully saturated rings. The van der Waals surface area contributed by atoms with Crippen molar-refractivity contribution >= 4 is 23.6 Å². The minimum absolute atomic E-state index is 0.0646. The molecule has 1 aromatic carbocycles. The van der Waals surface area contributed by atoms with Gasteiger partial charge in [0.1, 0.15) is 5.60 Å². The fourth-order valence-electron chi connectivity index (χ4n) is 5.11. The topological polar surface area (TPSA) is 49.9 Å². The third-order valence-electron chi connectivity index (χ3n) is 6.73. The van der Waals surface area contributed by atoms with Crippen LogP contribution in [0.4, 0.5) is 0 Å². The van der Waals surface area contributed by atoms with Gasteiger partial charge in [-0.05, 0) is 30.5 Å². The summed E-state index contributed by atoms with van der Waals surface area (Å²) in [6.45, 7) is 6.85. The molecule has 0 N–H and O–H groups in total. The highest BCUT2D eigenvalue weighted by atomic mass is 32.2. The van der Waals surface area contributed by atoms with E-state index in [4.69, 9.17) is 4.74 Å². The number of hydrogen-bond acceptors (Lipinski definition) is 4. The summed E-state index contributed by atoms with van der Waals surface area (Å²) in [6.07, 6.45) is 3.79. The third kappa shape index (κ3) is 2.72. The Morgan fingerprint density at radius 1 is 1.25 bits per heavy atom. The van der Waals surface area contributed by atoms with Crippen molar-refractivity contribution in [2.24, 2.45) is 11.8 Å². The largest absolute Gasteiger partial charge is 0.360 e. The number of benzene rings is 1. The molecule has 28 heavy (non-hydrogen) atoms. The van der Waals surface area contributed by atoms with Crippen molar-refractivity contribution in [2.45, 2.75) is 32.1 Å². The van der Waals surface area contributed by atoms with Crippen LogP contribution in [0.25, 0.3) is 0 Å². The van der Waals surface area contributed by atoms with Gasteiger partial charge in [-0.2, -0.15) is 11.8 Å². The summed E-state index contributed by atoms with van der Waals surface area (Å²) >= 11 is 1.88. The van der Waals surface area contributed by atoms with E-state index < -0.39 is 5.60 Å². The molecule has 5 nitrogen and oxygen atoms in total. The summed E-state index contributed by atoms with van der Waals surface area (Å²) in [7, 11) is 0. The predicted octanol–water partition coefficient (Wildman–Crippen LogP) is 2.16. The Bertz CT molecular complexity index is 863. The second kappa shape index (κ2) is 6.63. The maximum atomic E-state index is 13.4. The first-order chi connectivity index (χ1) is 13.5. The van der Waals surface area contributed by atoms with Gasteiger partial charge in [0.05, 0.1) is 24.5 Å². The number of carbonyl (C=O) groups excluding carboxylic acids is 2. The van der Waals surface area contributed by atoms with Crippen LogP contribution in [0.3, 0.4) is 0 Å². The molecule has 0 radical (unpaired) electrons. The minimum atomic E-state index is -0.619. The van der Waals surface area contributed by atoms with Gasteiger partial charge in [0.2, 0.25) is 11.8 Å². The third-order valence-corrected chi connectivity index (χ3v) is 7.67. The zero-order chi connectivity index (χ0) is 19.5. The smallest absolute Gasteiger partial charge is 0.230 e. The molecule has 4 heterocycles. The highest BCUT2D eigenvalue weighted by Crippen LogP contribution is 2.52. The van der Waals surface area contributed by atoms with E-state index in [-0.39, 0.29) is 29.8 Å². The second-order valence-corrected chi connectivity index (χ2v) is 9.68. The number of rotatable bonds is 3. The van der Waals surface area contributed by atoms with Gasteiger partial charge in [-0.25, -0.2) is 0 Å². The molecule has 4 aliphatic rings. The van der Waals surface area contributed by atoms with Crippen molar-refractivity contribution < 1.29 is 14.3 Å². The van der Waals surface area contributed by atoms with Crippen LogP contribution in [-0.4, -0.2) is 64.5 Å². The van der Waals surface area contributed by atoms with Crippen LogP contribution in [-0.2, 0) is 20.9 Å². The average molecular weight is 399 g/mol. The molecule has 0 unspecified atom stereocenters. The van der Waals surface area contributed by atoms with Crippen LogP contribution < -0.4 is 0 Å². The van der Waals surface area contributed by atoms with E-state index in [9.17, 15) is 9.59 Å². The van der Waals surface area contributed by atoms with Crippen molar-refractivity contribution in [3.05, 3.63) is 47.0 Å². The van der Waals surface area contributed by atoms with Crippen molar-refractivity contribution in [3.63, 3.8) is 0 Å². The van der Waals surface area contributed by atoms with Gasteiger partial charge in [-0.3, -0.25) is 9.59 Å². The Labute approximate surface area is 170 Å². The van der Waals surface area contributed by atoms with E-state index in [1.54, 1.807) is 0 Å². The summed E-state index contributed by atoms with van der Waals surface area (Å²) in [6, 6.07) is 6.34. The number of hydrogen-bond donors (Lipinski definition) is 0. The summed E-state index contributed by atoms with van der Waals surface area (Å²) in [5.74, 6) is 1.37. The first kappa shape index (κ1) is 18.3. The maximum absolute atomic E-state index is 13.4. The maximum Gasteiger partial charge on any atom is 0.230 e. The molecule has 2 bridgehead atoms. The van der Waals surface area contributed by atoms with E-state index in [0.717, 1.165) is 30.2 Å². The monoisotopic (exact) mass is 398 g/mol. The molecule has 1 aromatic rings. The van der Waals surface area contributed by atoms with Gasteiger partial charge < -0.3 is 14.5 Å². The molecule has 0 aromatic heterocycles. The molecule has 2 amide bonds. The zero-order valence-corrected chi connectivity index (χ0v) is 17.2. The second-order valence-electron chi connectivity index (χ2n) is 8.45. The van der Waals surface area contributed by atoms with E-state index in [2.05, 4.69) is 32.0 Å². The van der Waals surface area contributed by atoms with Crippen LogP contribution in [0.1, 0.15) is 16.7 Å². The van der Waals surface area contributed by atoms with Crippen LogP contribution in [0, 0.1) is 25.7 Å². The van der Waals surface area contributed by atoms with Gasteiger partial charge in [0, 0.05) is 31.1 Å². The lowest BCUT2D eigenvalue weighted by Gasteiger charge is -2.32. The van der Waals surface area contributed by atoms with E-state index in [1.165, 1.54) is 11.1 Å². The van der Waals surface area contributed by atoms with Crippen LogP contribution in [0.5, 0.6) is 0 Å². The van der Waals surface area contributed by atoms with Crippen molar-refractivity contribution in [1.82, 2.24) is 9.80 Å². The molecule has 6 heteroatoms. The number of fused-ring (bicyclic) bond motifs is 1. The summed E-state index contributed by atoms with van der Waals surface area (Å²) < 4.78 is 6.26. The van der Waals surface area contributed by atoms with Gasteiger partial charge in [0.25, 0.3) is 0 Å². The normalized spacial score (nSPS) is 33.6. The molecule has 4 atom stereocenters. The van der Waals surface area contributed by atoms with E-state index in [1.807, 2.05) is 33.7 Å². The first-order valence-corrected chi connectivity index (χ1v) is 11.2. The number of aryl methyl sites for hydroxylation is 2. The number of carbonyl (C=O) groups is 2. The van der Waals surface area contributed by atoms with Gasteiger partial charge in [-0.15, -0.1) is 0 Å². The Kier molecular flexibility index (Phi) is 4.32. The Morgan fingerprint density at radius 2 is 2.04 bits per heavy atom. The number of ether oxygens (including phenoxy) is 1. The number of likely N-dealkylation sites (tertiary alicyclic amines) is 1. The quantitative estimate of drug-likeness (QED) is 0.733. The van der Waals surface area contributed by atoms with E-state index in [0.29, 0.717) is 13.1 Å². The summed E-state index contributed by atoms with van der Waals surface area (Å²) in [5, 5.41) is 0. The number of nitrogens with zero attached hydrogens (tertiary/aromatic N) is 2. The van der Waals surface area contributed by atoms with Crippen LogP contribution in [0.15, 0.2) is 30.4 Å². The number of thioether (sulfide) groups is 1. The van der Waals surface area contributed by atoms with Gasteiger partial charge in [-0.1, -0.05) is 30.4 Å². The lowest BCUT2D eigenvalue weighted by Crippen LogP contribution is -2.48. The van der Waals surface area contributed by atoms with Gasteiger partial charge >= 0.3 is 0 Å². The average Bonchev–Trinajstić information content (AvgIpc) is 3.33. The van der Waals surface area contributed by atoms with Crippen molar-refractivity contribution in [3.8, 4) is 0 Å². The van der Waals surface area contributed by atoms with Gasteiger partial charge in [0.15, 0.2) is 0 Å². The summed E-state index contributed by atoms with van der Waals surface area (Å²) in [4.78, 5) is 30.4. The van der Waals surface area contributed by atoms with Crippen molar-refractivity contribution in [2.75, 3.05) is 31.1 Å². The number of amides is 2. The fourth-order valence-corrected chi connectivity index (χ4v) is 6.01. The fraction of sp³-hybridized carbons (Fsp3) is 0.545. The predicted molar refractivity (Wildman–Crippen MR) is 109 cm³/mol. The molecule has 5 rings (SSSR count). The Hall–Kier alpha value is -1.79. The first-order valence-electron chi connectivity index (χ1n) is 10.1. The SMILES string of the molecule is Cc1ccc(CN2C[C@]34C=C[C@H](O3)[C@@H](C(=O)N3CCSCC3)[C@H]4C2=O)cc1C. The molecule has 3 saturated heterocycles. The molecular weight excluding hydrogens is 372 g/mol. The molecule has 0 saturated carbocycles. The summed E-state index contributed by atoms with van der Waals surface area (Å²) in [5.41, 5.74) is 2.99. The molecule has 4 aliphatic heterocycles. The Balaban J connectivity index is 1.39. The molecule has 1 spiro atoms. The highest BCUT2D eigenvalue weighted by molar-refractivity contribution is 7.99. The minimum Gasteiger partial charge on any atom is -0.360 e. The highest BCUT2D eigenvalue weighted by Gasteiger charge is 2.67.